The van der Waals surface area contributed by atoms with E-state index >= 15 is 0 Å². The predicted octanol–water partition coefficient (Wildman–Crippen LogP) is 4.20. The highest BCUT2D eigenvalue weighted by Gasteiger charge is 1.96. The molecule has 0 aliphatic rings. The first-order valence-corrected chi connectivity index (χ1v) is 4.50. The van der Waals surface area contributed by atoms with Crippen molar-refractivity contribution >= 4 is 0 Å². The van der Waals surface area contributed by atoms with E-state index in [-0.39, 0.29) is 0 Å². The average Bonchev–Trinajstić information content (AvgIpc) is 2.17. The van der Waals surface area contributed by atoms with Crippen LogP contribution in [0.1, 0.15) is 19.8 Å². The van der Waals surface area contributed by atoms with E-state index in [1.54, 1.807) is 6.08 Å². The summed E-state index contributed by atoms with van der Waals surface area (Å²) in [7, 11) is 0. The summed E-state index contributed by atoms with van der Waals surface area (Å²) in [5.74, 6) is 0. The molecular weight excluding hydrogens is 156 g/mol. The molecule has 0 radical (unpaired) electrons. The van der Waals surface area contributed by atoms with Crippen LogP contribution in [-0.4, -0.2) is 0 Å². The molecule has 0 heteroatoms. The van der Waals surface area contributed by atoms with Crippen LogP contribution in [0.4, 0.5) is 0 Å². The molecule has 0 aliphatic carbocycles. The van der Waals surface area contributed by atoms with E-state index in [4.69, 9.17) is 0 Å². The maximum absolute atomic E-state index is 3.92. The van der Waals surface area contributed by atoms with Crippen molar-refractivity contribution in [2.75, 3.05) is 0 Å². The van der Waals surface area contributed by atoms with E-state index in [1.165, 1.54) is 5.57 Å². The SMILES string of the molecule is C=CCC/C(=C/C=C\C)C(=C)C=C. The van der Waals surface area contributed by atoms with Gasteiger partial charge >= 0.3 is 0 Å². The van der Waals surface area contributed by atoms with Crippen molar-refractivity contribution < 1.29 is 0 Å². The maximum atomic E-state index is 3.92. The first-order chi connectivity index (χ1) is 6.26. The van der Waals surface area contributed by atoms with E-state index in [2.05, 4.69) is 25.8 Å². The molecule has 0 atom stereocenters. The van der Waals surface area contributed by atoms with Gasteiger partial charge in [0.25, 0.3) is 0 Å². The fraction of sp³-hybridized carbons (Fsp3) is 0.231. The lowest BCUT2D eigenvalue weighted by molar-refractivity contribution is 0.999. The second kappa shape index (κ2) is 7.35. The highest BCUT2D eigenvalue weighted by Crippen LogP contribution is 2.15. The minimum absolute atomic E-state index is 0.982. The van der Waals surface area contributed by atoms with Crippen molar-refractivity contribution in [3.63, 3.8) is 0 Å². The lowest BCUT2D eigenvalue weighted by Crippen LogP contribution is -1.84. The van der Waals surface area contributed by atoms with Crippen LogP contribution in [-0.2, 0) is 0 Å². The van der Waals surface area contributed by atoms with Gasteiger partial charge in [0, 0.05) is 0 Å². The second-order valence-electron chi connectivity index (χ2n) is 2.77. The summed E-state index contributed by atoms with van der Waals surface area (Å²) in [6.45, 7) is 13.3. The molecule has 0 heterocycles. The molecule has 0 aliphatic heterocycles. The van der Waals surface area contributed by atoms with Gasteiger partial charge in [-0.25, -0.2) is 0 Å². The third-order valence-corrected chi connectivity index (χ3v) is 1.77. The van der Waals surface area contributed by atoms with E-state index in [0.29, 0.717) is 0 Å². The molecule has 0 N–H and O–H groups in total. The second-order valence-corrected chi connectivity index (χ2v) is 2.77. The molecule has 0 amide bonds. The zero-order chi connectivity index (χ0) is 10.1. The number of hydrogen-bond donors (Lipinski definition) is 0. The topological polar surface area (TPSA) is 0 Å². The van der Waals surface area contributed by atoms with Gasteiger partial charge in [0.15, 0.2) is 0 Å². The van der Waals surface area contributed by atoms with Crippen LogP contribution in [0.15, 0.2) is 61.3 Å². The van der Waals surface area contributed by atoms with Gasteiger partial charge < -0.3 is 0 Å². The fourth-order valence-electron chi connectivity index (χ4n) is 0.952. The Morgan fingerprint density at radius 1 is 1.31 bits per heavy atom. The fourth-order valence-corrected chi connectivity index (χ4v) is 0.952. The zero-order valence-electron chi connectivity index (χ0n) is 8.42. The first-order valence-electron chi connectivity index (χ1n) is 4.50. The number of allylic oxidation sites excluding steroid dienone is 7. The molecular formula is C13H18. The Morgan fingerprint density at radius 3 is 2.46 bits per heavy atom. The number of rotatable bonds is 6. The van der Waals surface area contributed by atoms with Gasteiger partial charge in [-0.2, -0.15) is 0 Å². The maximum Gasteiger partial charge on any atom is -0.0239 e. The minimum Gasteiger partial charge on any atom is -0.103 e. The summed E-state index contributed by atoms with van der Waals surface area (Å²) in [5.41, 5.74) is 2.23. The molecule has 0 fully saturated rings. The standard InChI is InChI=1S/C13H18/c1-5-8-10-13(11-9-6-2)12(4)7-3/h5-7,9,11H,1,3-4,8,10H2,2H3/b9-6-,13-11-. The van der Waals surface area contributed by atoms with Crippen LogP contribution in [0.3, 0.4) is 0 Å². The third kappa shape index (κ3) is 5.02. The molecule has 0 aromatic heterocycles. The third-order valence-electron chi connectivity index (χ3n) is 1.77. The molecule has 0 spiro atoms. The lowest BCUT2D eigenvalue weighted by atomic mass is 10.0. The molecule has 70 valence electrons. The van der Waals surface area contributed by atoms with E-state index in [1.807, 2.05) is 25.2 Å². The lowest BCUT2D eigenvalue weighted by Gasteiger charge is -2.03. The first kappa shape index (κ1) is 11.7. The predicted molar refractivity (Wildman–Crippen MR) is 61.7 cm³/mol. The molecule has 0 aromatic carbocycles. The van der Waals surface area contributed by atoms with Gasteiger partial charge in [0.2, 0.25) is 0 Å². The van der Waals surface area contributed by atoms with Gasteiger partial charge in [0.1, 0.15) is 0 Å². The van der Waals surface area contributed by atoms with Crippen LogP contribution in [0.5, 0.6) is 0 Å². The van der Waals surface area contributed by atoms with E-state index < -0.39 is 0 Å². The highest BCUT2D eigenvalue weighted by molar-refractivity contribution is 5.38. The van der Waals surface area contributed by atoms with Crippen molar-refractivity contribution in [3.05, 3.63) is 61.3 Å². The van der Waals surface area contributed by atoms with Gasteiger partial charge in [-0.1, -0.05) is 43.5 Å². The van der Waals surface area contributed by atoms with Gasteiger partial charge in [-0.05, 0) is 30.9 Å². The largest absolute Gasteiger partial charge is 0.103 e. The van der Waals surface area contributed by atoms with Gasteiger partial charge in [-0.3, -0.25) is 0 Å². The molecule has 0 rings (SSSR count). The minimum atomic E-state index is 0.982. The summed E-state index contributed by atoms with van der Waals surface area (Å²) in [4.78, 5) is 0. The van der Waals surface area contributed by atoms with Crippen molar-refractivity contribution in [2.24, 2.45) is 0 Å². The van der Waals surface area contributed by atoms with E-state index in [0.717, 1.165) is 18.4 Å². The Kier molecular flexibility index (Phi) is 6.62. The van der Waals surface area contributed by atoms with Crippen LogP contribution in [0.2, 0.25) is 0 Å². The van der Waals surface area contributed by atoms with Crippen molar-refractivity contribution in [3.8, 4) is 0 Å². The summed E-state index contributed by atoms with van der Waals surface area (Å²) < 4.78 is 0. The molecule has 0 nitrogen and oxygen atoms in total. The Balaban J connectivity index is 4.43. The van der Waals surface area contributed by atoms with Crippen LogP contribution >= 0.6 is 0 Å². The normalized spacial score (nSPS) is 11.6. The summed E-state index contributed by atoms with van der Waals surface area (Å²) >= 11 is 0. The van der Waals surface area contributed by atoms with Crippen molar-refractivity contribution in [2.45, 2.75) is 19.8 Å². The number of hydrogen-bond acceptors (Lipinski definition) is 0. The summed E-state index contributed by atoms with van der Waals surface area (Å²) in [5, 5.41) is 0. The molecule has 0 saturated heterocycles. The highest BCUT2D eigenvalue weighted by atomic mass is 14.0. The van der Waals surface area contributed by atoms with Crippen LogP contribution < -0.4 is 0 Å². The Labute approximate surface area is 81.7 Å². The summed E-state index contributed by atoms with van der Waals surface area (Å²) in [6.07, 6.45) is 11.8. The van der Waals surface area contributed by atoms with E-state index in [9.17, 15) is 0 Å². The Morgan fingerprint density at radius 2 is 2.00 bits per heavy atom. The van der Waals surface area contributed by atoms with Crippen LogP contribution in [0.25, 0.3) is 0 Å². The quantitative estimate of drug-likeness (QED) is 0.418. The summed E-state index contributed by atoms with van der Waals surface area (Å²) in [6, 6.07) is 0. The van der Waals surface area contributed by atoms with Crippen LogP contribution in [0, 0.1) is 0 Å². The molecule has 0 aromatic rings. The molecule has 0 unspecified atom stereocenters. The van der Waals surface area contributed by atoms with Gasteiger partial charge in [-0.15, -0.1) is 6.58 Å². The monoisotopic (exact) mass is 174 g/mol. The van der Waals surface area contributed by atoms with Crippen molar-refractivity contribution in [1.82, 2.24) is 0 Å². The molecule has 13 heavy (non-hydrogen) atoms. The van der Waals surface area contributed by atoms with Gasteiger partial charge in [0.05, 0.1) is 0 Å². The smallest absolute Gasteiger partial charge is 0.0239 e. The average molecular weight is 174 g/mol. The zero-order valence-corrected chi connectivity index (χ0v) is 8.42. The van der Waals surface area contributed by atoms with Crippen molar-refractivity contribution in [1.29, 1.82) is 0 Å². The molecule has 0 bridgehead atoms. The molecule has 0 saturated carbocycles. The Bertz CT molecular complexity index is 239. The Hall–Kier alpha value is -1.30.